The number of rotatable bonds is 2. The van der Waals surface area contributed by atoms with Crippen LogP contribution < -0.4 is 5.73 Å². The van der Waals surface area contributed by atoms with Crippen molar-refractivity contribution in [3.63, 3.8) is 0 Å². The Labute approximate surface area is 91.4 Å². The lowest BCUT2D eigenvalue weighted by molar-refractivity contribution is -0.132. The molecule has 1 rings (SSSR count). The quantitative estimate of drug-likeness (QED) is 0.703. The summed E-state index contributed by atoms with van der Waals surface area (Å²) in [6.07, 6.45) is 2.94. The van der Waals surface area contributed by atoms with Crippen molar-refractivity contribution in [2.24, 2.45) is 5.73 Å². The van der Waals surface area contributed by atoms with Gasteiger partial charge in [0.25, 0.3) is 0 Å². The molecule has 1 unspecified atom stereocenters. The normalized spacial score (nSPS) is 29.7. The van der Waals surface area contributed by atoms with Crippen LogP contribution in [-0.2, 0) is 4.79 Å². The molecule has 0 radical (unpaired) electrons. The fourth-order valence-corrected chi connectivity index (χ4v) is 1.89. The van der Waals surface area contributed by atoms with Crippen LogP contribution >= 0.6 is 0 Å². The highest BCUT2D eigenvalue weighted by Crippen LogP contribution is 2.21. The topological polar surface area (TPSA) is 66.6 Å². The largest absolute Gasteiger partial charge is 0.390 e. The van der Waals surface area contributed by atoms with Gasteiger partial charge in [-0.25, -0.2) is 0 Å². The molecule has 2 atom stereocenters. The average molecular weight is 214 g/mol. The standard InChI is InChI=1S/C11H22N2O2/c1-3-9(12)10(14)13-7-4-5-11(2,15)6-8-13/h9,15H,3-8,12H2,1-2H3/t9-,11?/m0/s1. The predicted molar refractivity (Wildman–Crippen MR) is 59.3 cm³/mol. The third-order valence-electron chi connectivity index (χ3n) is 3.13. The number of amides is 1. The minimum absolute atomic E-state index is 0.0233. The lowest BCUT2D eigenvalue weighted by atomic mass is 9.98. The molecule has 1 amide bonds. The van der Waals surface area contributed by atoms with Crippen molar-refractivity contribution in [2.75, 3.05) is 13.1 Å². The molecule has 0 spiro atoms. The summed E-state index contributed by atoms with van der Waals surface area (Å²) in [5.41, 5.74) is 5.09. The zero-order chi connectivity index (χ0) is 11.5. The second kappa shape index (κ2) is 4.94. The number of nitrogens with zero attached hydrogens (tertiary/aromatic N) is 1. The Hall–Kier alpha value is -0.610. The van der Waals surface area contributed by atoms with Crippen molar-refractivity contribution in [1.82, 2.24) is 4.90 Å². The smallest absolute Gasteiger partial charge is 0.239 e. The van der Waals surface area contributed by atoms with Crippen LogP contribution in [0.2, 0.25) is 0 Å². The molecule has 0 aromatic rings. The van der Waals surface area contributed by atoms with Gasteiger partial charge in [0.1, 0.15) is 0 Å². The summed E-state index contributed by atoms with van der Waals surface area (Å²) < 4.78 is 0. The van der Waals surface area contributed by atoms with Gasteiger partial charge in [0, 0.05) is 13.1 Å². The number of hydrogen-bond donors (Lipinski definition) is 2. The number of carbonyl (C=O) groups excluding carboxylic acids is 1. The number of aliphatic hydroxyl groups is 1. The zero-order valence-corrected chi connectivity index (χ0v) is 9.70. The van der Waals surface area contributed by atoms with Gasteiger partial charge >= 0.3 is 0 Å². The molecule has 3 N–H and O–H groups in total. The third-order valence-corrected chi connectivity index (χ3v) is 3.13. The summed E-state index contributed by atoms with van der Waals surface area (Å²) in [6.45, 7) is 5.10. The van der Waals surface area contributed by atoms with E-state index in [1.54, 1.807) is 4.90 Å². The Morgan fingerprint density at radius 1 is 1.53 bits per heavy atom. The van der Waals surface area contributed by atoms with Gasteiger partial charge in [0.15, 0.2) is 0 Å². The summed E-state index contributed by atoms with van der Waals surface area (Å²) in [4.78, 5) is 13.6. The van der Waals surface area contributed by atoms with Crippen LogP contribution in [0.5, 0.6) is 0 Å². The molecular weight excluding hydrogens is 192 g/mol. The van der Waals surface area contributed by atoms with Crippen molar-refractivity contribution >= 4 is 5.91 Å². The fourth-order valence-electron chi connectivity index (χ4n) is 1.89. The first kappa shape index (κ1) is 12.5. The number of carbonyl (C=O) groups is 1. The molecule has 0 aromatic carbocycles. The minimum Gasteiger partial charge on any atom is -0.390 e. The lowest BCUT2D eigenvalue weighted by Gasteiger charge is -2.24. The van der Waals surface area contributed by atoms with Gasteiger partial charge in [0.2, 0.25) is 5.91 Å². The predicted octanol–water partition coefficient (Wildman–Crippen LogP) is 0.487. The maximum absolute atomic E-state index is 11.8. The van der Waals surface area contributed by atoms with E-state index in [0.717, 1.165) is 19.4 Å². The van der Waals surface area contributed by atoms with Crippen molar-refractivity contribution in [2.45, 2.75) is 51.2 Å². The van der Waals surface area contributed by atoms with Crippen molar-refractivity contribution < 1.29 is 9.90 Å². The van der Waals surface area contributed by atoms with Crippen molar-refractivity contribution in [1.29, 1.82) is 0 Å². The van der Waals surface area contributed by atoms with E-state index in [9.17, 15) is 9.90 Å². The summed E-state index contributed by atoms with van der Waals surface area (Å²) in [7, 11) is 0. The van der Waals surface area contributed by atoms with E-state index in [1.807, 2.05) is 13.8 Å². The van der Waals surface area contributed by atoms with Crippen LogP contribution in [0, 0.1) is 0 Å². The van der Waals surface area contributed by atoms with Crippen LogP contribution in [0.1, 0.15) is 39.5 Å². The molecule has 1 aliphatic rings. The van der Waals surface area contributed by atoms with Gasteiger partial charge in [-0.1, -0.05) is 6.92 Å². The third kappa shape index (κ3) is 3.47. The van der Waals surface area contributed by atoms with Gasteiger partial charge in [-0.3, -0.25) is 4.79 Å². The molecule has 1 aliphatic heterocycles. The Kier molecular flexibility index (Phi) is 4.11. The number of likely N-dealkylation sites (tertiary alicyclic amines) is 1. The average Bonchev–Trinajstić information content (AvgIpc) is 2.37. The van der Waals surface area contributed by atoms with Gasteiger partial charge in [-0.15, -0.1) is 0 Å². The monoisotopic (exact) mass is 214 g/mol. The molecule has 15 heavy (non-hydrogen) atoms. The Morgan fingerprint density at radius 2 is 2.20 bits per heavy atom. The van der Waals surface area contributed by atoms with Crippen LogP contribution in [0.25, 0.3) is 0 Å². The van der Waals surface area contributed by atoms with E-state index in [4.69, 9.17) is 5.73 Å². The number of hydrogen-bond acceptors (Lipinski definition) is 3. The Morgan fingerprint density at radius 3 is 2.80 bits per heavy atom. The first-order valence-electron chi connectivity index (χ1n) is 5.73. The lowest BCUT2D eigenvalue weighted by Crippen LogP contribution is -2.44. The first-order valence-corrected chi connectivity index (χ1v) is 5.73. The molecule has 0 bridgehead atoms. The van der Waals surface area contributed by atoms with E-state index >= 15 is 0 Å². The molecule has 4 heteroatoms. The van der Waals surface area contributed by atoms with E-state index in [-0.39, 0.29) is 11.9 Å². The first-order chi connectivity index (χ1) is 6.96. The highest BCUT2D eigenvalue weighted by Gasteiger charge is 2.28. The second-order valence-corrected chi connectivity index (χ2v) is 4.69. The second-order valence-electron chi connectivity index (χ2n) is 4.69. The minimum atomic E-state index is -0.620. The Balaban J connectivity index is 2.54. The highest BCUT2D eigenvalue weighted by molar-refractivity contribution is 5.81. The van der Waals surface area contributed by atoms with Gasteiger partial charge < -0.3 is 15.7 Å². The molecule has 1 fully saturated rings. The van der Waals surface area contributed by atoms with E-state index < -0.39 is 5.60 Å². The van der Waals surface area contributed by atoms with Crippen LogP contribution in [0.3, 0.4) is 0 Å². The zero-order valence-electron chi connectivity index (χ0n) is 9.70. The Bertz CT molecular complexity index is 229. The fraction of sp³-hybridized carbons (Fsp3) is 0.909. The molecule has 1 heterocycles. The summed E-state index contributed by atoms with van der Waals surface area (Å²) in [6, 6.07) is -0.381. The van der Waals surface area contributed by atoms with Crippen LogP contribution in [-0.4, -0.2) is 40.6 Å². The molecule has 1 saturated heterocycles. The van der Waals surface area contributed by atoms with Crippen LogP contribution in [0.4, 0.5) is 0 Å². The molecule has 4 nitrogen and oxygen atoms in total. The summed E-state index contributed by atoms with van der Waals surface area (Å²) in [5.74, 6) is 0.0233. The number of nitrogens with two attached hydrogens (primary N) is 1. The van der Waals surface area contributed by atoms with E-state index in [0.29, 0.717) is 19.4 Å². The van der Waals surface area contributed by atoms with Crippen molar-refractivity contribution in [3.05, 3.63) is 0 Å². The van der Waals surface area contributed by atoms with Gasteiger partial charge in [-0.2, -0.15) is 0 Å². The molecule has 0 aromatic heterocycles. The maximum Gasteiger partial charge on any atom is 0.239 e. The molecule has 0 aliphatic carbocycles. The van der Waals surface area contributed by atoms with Gasteiger partial charge in [0.05, 0.1) is 11.6 Å². The molecule has 88 valence electrons. The van der Waals surface area contributed by atoms with E-state index in [1.165, 1.54) is 0 Å². The highest BCUT2D eigenvalue weighted by atomic mass is 16.3. The molecule has 0 saturated carbocycles. The van der Waals surface area contributed by atoms with Crippen LogP contribution in [0.15, 0.2) is 0 Å². The molecular formula is C11H22N2O2. The van der Waals surface area contributed by atoms with Crippen molar-refractivity contribution in [3.8, 4) is 0 Å². The SMILES string of the molecule is CC[C@H](N)C(=O)N1CCCC(C)(O)CC1. The van der Waals surface area contributed by atoms with E-state index in [2.05, 4.69) is 0 Å². The summed E-state index contributed by atoms with van der Waals surface area (Å²) in [5, 5.41) is 9.88. The van der Waals surface area contributed by atoms with Gasteiger partial charge in [-0.05, 0) is 32.6 Å². The maximum atomic E-state index is 11.8. The summed E-state index contributed by atoms with van der Waals surface area (Å²) >= 11 is 0.